The number of rotatable bonds is 4. The molecule has 0 unspecified atom stereocenters. The van der Waals surface area contributed by atoms with Gasteiger partial charge in [0, 0.05) is 29.5 Å². The molecule has 26 heavy (non-hydrogen) atoms. The fourth-order valence-electron chi connectivity index (χ4n) is 2.63. The summed E-state index contributed by atoms with van der Waals surface area (Å²) in [5.74, 6) is -3.81. The van der Waals surface area contributed by atoms with E-state index in [4.69, 9.17) is 0 Å². The van der Waals surface area contributed by atoms with Crippen molar-refractivity contribution in [3.8, 4) is 0 Å². The SMILES string of the molecule is CCNC(=O)c1c(C)sc2nc(Cc3c(F)ccc(F)c3F)cc(=O)n12. The van der Waals surface area contributed by atoms with E-state index >= 15 is 0 Å². The van der Waals surface area contributed by atoms with Crippen LogP contribution in [0.3, 0.4) is 0 Å². The van der Waals surface area contributed by atoms with Crippen molar-refractivity contribution >= 4 is 22.2 Å². The average Bonchev–Trinajstić information content (AvgIpc) is 2.92. The lowest BCUT2D eigenvalue weighted by atomic mass is 10.1. The van der Waals surface area contributed by atoms with Crippen molar-refractivity contribution in [1.82, 2.24) is 14.7 Å². The summed E-state index contributed by atoms with van der Waals surface area (Å²) >= 11 is 1.11. The largest absolute Gasteiger partial charge is 0.351 e. The van der Waals surface area contributed by atoms with E-state index in [1.54, 1.807) is 13.8 Å². The summed E-state index contributed by atoms with van der Waals surface area (Å²) in [4.78, 5) is 29.6. The molecule has 0 saturated heterocycles. The fourth-order valence-corrected chi connectivity index (χ4v) is 3.62. The first-order valence-electron chi connectivity index (χ1n) is 7.76. The second kappa shape index (κ2) is 6.91. The van der Waals surface area contributed by atoms with Gasteiger partial charge in [-0.05, 0) is 26.0 Å². The van der Waals surface area contributed by atoms with Gasteiger partial charge < -0.3 is 5.32 Å². The number of nitrogens with zero attached hydrogens (tertiary/aromatic N) is 2. The number of thiazole rings is 1. The third-order valence-corrected chi connectivity index (χ3v) is 4.75. The Morgan fingerprint density at radius 2 is 1.96 bits per heavy atom. The number of halogens is 3. The molecule has 9 heteroatoms. The second-order valence-electron chi connectivity index (χ2n) is 5.57. The van der Waals surface area contributed by atoms with Crippen molar-refractivity contribution in [3.63, 3.8) is 0 Å². The van der Waals surface area contributed by atoms with Gasteiger partial charge in [-0.1, -0.05) is 0 Å². The first-order chi connectivity index (χ1) is 12.3. The highest BCUT2D eigenvalue weighted by Gasteiger charge is 2.20. The van der Waals surface area contributed by atoms with Gasteiger partial charge in [0.05, 0.1) is 5.69 Å². The molecule has 0 radical (unpaired) electrons. The smallest absolute Gasteiger partial charge is 0.269 e. The lowest BCUT2D eigenvalue weighted by Crippen LogP contribution is -2.28. The number of nitrogens with one attached hydrogen (secondary N) is 1. The number of aryl methyl sites for hydroxylation is 1. The molecule has 0 fully saturated rings. The van der Waals surface area contributed by atoms with Gasteiger partial charge in [0.2, 0.25) is 0 Å². The molecule has 3 rings (SSSR count). The molecular formula is C17H14F3N3O2S. The minimum atomic E-state index is -1.31. The minimum Gasteiger partial charge on any atom is -0.351 e. The first kappa shape index (κ1) is 18.1. The van der Waals surface area contributed by atoms with Crippen LogP contribution in [-0.2, 0) is 6.42 Å². The molecule has 5 nitrogen and oxygen atoms in total. The highest BCUT2D eigenvalue weighted by atomic mass is 32.1. The Morgan fingerprint density at radius 3 is 2.65 bits per heavy atom. The number of amides is 1. The number of aromatic nitrogens is 2. The van der Waals surface area contributed by atoms with E-state index in [9.17, 15) is 22.8 Å². The summed E-state index contributed by atoms with van der Waals surface area (Å²) in [6, 6.07) is 2.61. The quantitative estimate of drug-likeness (QED) is 0.707. The van der Waals surface area contributed by atoms with E-state index in [1.165, 1.54) is 0 Å². The zero-order valence-electron chi connectivity index (χ0n) is 13.9. The molecule has 0 atom stereocenters. The van der Waals surface area contributed by atoms with Gasteiger partial charge in [-0.3, -0.25) is 9.59 Å². The van der Waals surface area contributed by atoms with Crippen LogP contribution in [0.15, 0.2) is 23.0 Å². The molecule has 2 aromatic heterocycles. The van der Waals surface area contributed by atoms with Crippen molar-refractivity contribution in [1.29, 1.82) is 0 Å². The topological polar surface area (TPSA) is 63.5 Å². The van der Waals surface area contributed by atoms with Gasteiger partial charge in [0.15, 0.2) is 16.6 Å². The summed E-state index contributed by atoms with van der Waals surface area (Å²) < 4.78 is 42.2. The predicted molar refractivity (Wildman–Crippen MR) is 91.2 cm³/mol. The van der Waals surface area contributed by atoms with Crippen LogP contribution < -0.4 is 10.9 Å². The van der Waals surface area contributed by atoms with Crippen LogP contribution in [0.5, 0.6) is 0 Å². The van der Waals surface area contributed by atoms with E-state index in [2.05, 4.69) is 10.3 Å². The van der Waals surface area contributed by atoms with E-state index < -0.39 is 34.5 Å². The maximum absolute atomic E-state index is 13.8. The van der Waals surface area contributed by atoms with Gasteiger partial charge in [0.1, 0.15) is 11.5 Å². The summed E-state index contributed by atoms with van der Waals surface area (Å²) in [5, 5.41) is 2.62. The number of carbonyl (C=O) groups is 1. The molecule has 1 N–H and O–H groups in total. The van der Waals surface area contributed by atoms with Crippen LogP contribution in [-0.4, -0.2) is 21.8 Å². The van der Waals surface area contributed by atoms with Crippen LogP contribution >= 0.6 is 11.3 Å². The maximum atomic E-state index is 13.8. The summed E-state index contributed by atoms with van der Waals surface area (Å²) in [5.41, 5.74) is -0.785. The lowest BCUT2D eigenvalue weighted by Gasteiger charge is -2.06. The molecule has 1 aromatic carbocycles. The molecule has 0 spiro atoms. The summed E-state index contributed by atoms with van der Waals surface area (Å²) in [6.45, 7) is 3.83. The van der Waals surface area contributed by atoms with Crippen LogP contribution in [0.25, 0.3) is 4.96 Å². The number of carbonyl (C=O) groups excluding carboxylic acids is 1. The zero-order chi connectivity index (χ0) is 19.0. The van der Waals surface area contributed by atoms with Crippen molar-refractivity contribution in [2.75, 3.05) is 6.54 Å². The van der Waals surface area contributed by atoms with Crippen LogP contribution in [0.1, 0.15) is 33.5 Å². The molecular weight excluding hydrogens is 367 g/mol. The molecule has 0 aliphatic carbocycles. The average molecular weight is 381 g/mol. The normalized spacial score (nSPS) is 11.1. The van der Waals surface area contributed by atoms with Gasteiger partial charge in [-0.15, -0.1) is 11.3 Å². The Balaban J connectivity index is 2.10. The Kier molecular flexibility index (Phi) is 4.82. The van der Waals surface area contributed by atoms with E-state index in [-0.39, 0.29) is 22.8 Å². The van der Waals surface area contributed by atoms with Crippen LogP contribution in [0, 0.1) is 24.4 Å². The molecule has 0 saturated carbocycles. The molecule has 1 amide bonds. The first-order valence-corrected chi connectivity index (χ1v) is 8.57. The fraction of sp³-hybridized carbons (Fsp3) is 0.235. The Hall–Kier alpha value is -2.68. The van der Waals surface area contributed by atoms with Crippen molar-refractivity contribution in [2.24, 2.45) is 0 Å². The molecule has 0 aliphatic heterocycles. The predicted octanol–water partition coefficient (Wildman–Crippen LogP) is 2.82. The Labute approximate surface area is 150 Å². The van der Waals surface area contributed by atoms with E-state index in [0.29, 0.717) is 17.5 Å². The summed E-state index contributed by atoms with van der Waals surface area (Å²) in [7, 11) is 0. The minimum absolute atomic E-state index is 0.0853. The Morgan fingerprint density at radius 1 is 1.27 bits per heavy atom. The second-order valence-corrected chi connectivity index (χ2v) is 6.75. The molecule has 0 aliphatic rings. The molecule has 3 aromatic rings. The standard InChI is InChI=1S/C17H14F3N3O2S/c1-3-21-16(25)15-8(2)26-17-22-9(7-13(24)23(15)17)6-10-11(18)4-5-12(19)14(10)20/h4-5,7H,3,6H2,1-2H3,(H,21,25). The molecule has 136 valence electrons. The van der Waals surface area contributed by atoms with E-state index in [0.717, 1.165) is 27.9 Å². The monoisotopic (exact) mass is 381 g/mol. The van der Waals surface area contributed by atoms with E-state index in [1.807, 2.05) is 0 Å². The van der Waals surface area contributed by atoms with Gasteiger partial charge in [0.25, 0.3) is 11.5 Å². The highest BCUT2D eigenvalue weighted by molar-refractivity contribution is 7.17. The van der Waals surface area contributed by atoms with Gasteiger partial charge in [-0.2, -0.15) is 0 Å². The number of hydrogen-bond acceptors (Lipinski definition) is 4. The number of fused-ring (bicyclic) bond motifs is 1. The van der Waals surface area contributed by atoms with Crippen molar-refractivity contribution in [2.45, 2.75) is 20.3 Å². The van der Waals surface area contributed by atoms with Crippen LogP contribution in [0.4, 0.5) is 13.2 Å². The number of hydrogen-bond donors (Lipinski definition) is 1. The van der Waals surface area contributed by atoms with Crippen LogP contribution in [0.2, 0.25) is 0 Å². The molecule has 2 heterocycles. The number of benzene rings is 1. The zero-order valence-corrected chi connectivity index (χ0v) is 14.7. The van der Waals surface area contributed by atoms with Gasteiger partial charge >= 0.3 is 0 Å². The third-order valence-electron chi connectivity index (χ3n) is 3.79. The summed E-state index contributed by atoms with van der Waals surface area (Å²) in [6.07, 6.45) is -0.380. The van der Waals surface area contributed by atoms with Crippen molar-refractivity contribution in [3.05, 3.63) is 67.8 Å². The Bertz CT molecular complexity index is 1080. The van der Waals surface area contributed by atoms with Gasteiger partial charge in [-0.25, -0.2) is 22.6 Å². The lowest BCUT2D eigenvalue weighted by molar-refractivity contribution is 0.0949. The molecule has 0 bridgehead atoms. The maximum Gasteiger partial charge on any atom is 0.269 e. The third kappa shape index (κ3) is 3.10. The highest BCUT2D eigenvalue weighted by Crippen LogP contribution is 2.22. The van der Waals surface area contributed by atoms with Crippen molar-refractivity contribution < 1.29 is 18.0 Å².